The van der Waals surface area contributed by atoms with Gasteiger partial charge in [-0.15, -0.1) is 24.0 Å². The second kappa shape index (κ2) is 9.82. The van der Waals surface area contributed by atoms with Crippen molar-refractivity contribution in [3.05, 3.63) is 52.3 Å². The molecule has 0 aliphatic carbocycles. The van der Waals surface area contributed by atoms with E-state index in [9.17, 15) is 0 Å². The number of aromatic nitrogens is 1. The SMILES string of the molecule is CN=C(NCc1ccn(C)c1)NCc1cc(Br)ccc1OC.I. The van der Waals surface area contributed by atoms with Crippen molar-refractivity contribution in [3.63, 3.8) is 0 Å². The first-order valence-electron chi connectivity index (χ1n) is 7.00. The first kappa shape index (κ1) is 19.8. The molecule has 0 spiro atoms. The quantitative estimate of drug-likeness (QED) is 0.382. The molecule has 2 rings (SSSR count). The van der Waals surface area contributed by atoms with Crippen LogP contribution in [0.2, 0.25) is 0 Å². The van der Waals surface area contributed by atoms with Gasteiger partial charge in [0.05, 0.1) is 7.11 Å². The molecule has 2 N–H and O–H groups in total. The van der Waals surface area contributed by atoms with Crippen molar-refractivity contribution in [2.24, 2.45) is 12.0 Å². The van der Waals surface area contributed by atoms with Crippen LogP contribution in [-0.2, 0) is 20.1 Å². The first-order chi connectivity index (χ1) is 10.6. The second-order valence-corrected chi connectivity index (χ2v) is 5.84. The average molecular weight is 493 g/mol. The fraction of sp³-hybridized carbons (Fsp3) is 0.312. The van der Waals surface area contributed by atoms with E-state index in [2.05, 4.69) is 43.8 Å². The van der Waals surface area contributed by atoms with Crippen LogP contribution in [0.4, 0.5) is 0 Å². The van der Waals surface area contributed by atoms with Gasteiger partial charge in [-0.1, -0.05) is 15.9 Å². The number of nitrogens with one attached hydrogen (secondary N) is 2. The summed E-state index contributed by atoms with van der Waals surface area (Å²) in [5.74, 6) is 1.61. The number of aliphatic imine (C=N–C) groups is 1. The van der Waals surface area contributed by atoms with Gasteiger partial charge in [0.2, 0.25) is 0 Å². The molecule has 0 aliphatic rings. The van der Waals surface area contributed by atoms with Gasteiger partial charge in [-0.25, -0.2) is 0 Å². The van der Waals surface area contributed by atoms with Gasteiger partial charge in [0.25, 0.3) is 0 Å². The lowest BCUT2D eigenvalue weighted by Gasteiger charge is -2.13. The molecule has 0 bridgehead atoms. The van der Waals surface area contributed by atoms with Crippen LogP contribution in [0.5, 0.6) is 5.75 Å². The Labute approximate surface area is 162 Å². The van der Waals surface area contributed by atoms with Crippen molar-refractivity contribution < 1.29 is 4.74 Å². The van der Waals surface area contributed by atoms with E-state index in [1.807, 2.05) is 36.0 Å². The Morgan fingerprint density at radius 3 is 2.61 bits per heavy atom. The summed E-state index contributed by atoms with van der Waals surface area (Å²) in [6, 6.07) is 8.03. The summed E-state index contributed by atoms with van der Waals surface area (Å²) in [5.41, 5.74) is 2.28. The summed E-state index contributed by atoms with van der Waals surface area (Å²) in [6.45, 7) is 1.37. The third-order valence-electron chi connectivity index (χ3n) is 3.27. The van der Waals surface area contributed by atoms with Gasteiger partial charge in [-0.05, 0) is 29.8 Å². The first-order valence-corrected chi connectivity index (χ1v) is 7.79. The van der Waals surface area contributed by atoms with E-state index in [1.165, 1.54) is 5.56 Å². The van der Waals surface area contributed by atoms with Gasteiger partial charge in [0.1, 0.15) is 5.75 Å². The minimum absolute atomic E-state index is 0. The zero-order valence-electron chi connectivity index (χ0n) is 13.5. The van der Waals surface area contributed by atoms with Gasteiger partial charge in [-0.3, -0.25) is 4.99 Å². The number of benzene rings is 1. The maximum absolute atomic E-state index is 5.37. The lowest BCUT2D eigenvalue weighted by molar-refractivity contribution is 0.409. The maximum atomic E-state index is 5.37. The van der Waals surface area contributed by atoms with Crippen LogP contribution in [-0.4, -0.2) is 24.7 Å². The second-order valence-electron chi connectivity index (χ2n) is 4.92. The molecular formula is C16H22BrIN4O. The number of halogens is 2. The lowest BCUT2D eigenvalue weighted by atomic mass is 10.2. The molecule has 0 atom stereocenters. The standard InChI is InChI=1S/C16H21BrN4O.HI/c1-18-16(19-9-12-6-7-21(2)11-12)20-10-13-8-14(17)4-5-15(13)22-3;/h4-8,11H,9-10H2,1-3H3,(H2,18,19,20);1H. The summed E-state index contributed by atoms with van der Waals surface area (Å²) in [4.78, 5) is 4.24. The zero-order chi connectivity index (χ0) is 15.9. The van der Waals surface area contributed by atoms with Gasteiger partial charge in [0, 0.05) is 49.6 Å². The molecule has 1 aromatic heterocycles. The maximum Gasteiger partial charge on any atom is 0.191 e. The molecule has 7 heteroatoms. The fourth-order valence-corrected chi connectivity index (χ4v) is 2.54. The van der Waals surface area contributed by atoms with E-state index in [0.717, 1.165) is 28.3 Å². The average Bonchev–Trinajstić information content (AvgIpc) is 2.93. The van der Waals surface area contributed by atoms with Crippen molar-refractivity contribution in [2.45, 2.75) is 13.1 Å². The number of ether oxygens (including phenoxy) is 1. The van der Waals surface area contributed by atoms with Crippen molar-refractivity contribution in [1.29, 1.82) is 0 Å². The lowest BCUT2D eigenvalue weighted by Crippen LogP contribution is -2.36. The molecule has 23 heavy (non-hydrogen) atoms. The van der Waals surface area contributed by atoms with Crippen LogP contribution in [0.3, 0.4) is 0 Å². The van der Waals surface area contributed by atoms with E-state index in [4.69, 9.17) is 4.74 Å². The molecule has 0 saturated carbocycles. The fourth-order valence-electron chi connectivity index (χ4n) is 2.14. The number of aryl methyl sites for hydroxylation is 1. The highest BCUT2D eigenvalue weighted by Gasteiger charge is 2.05. The molecule has 0 radical (unpaired) electrons. The molecule has 126 valence electrons. The zero-order valence-corrected chi connectivity index (χ0v) is 17.4. The number of hydrogen-bond acceptors (Lipinski definition) is 2. The number of nitrogens with zero attached hydrogens (tertiary/aromatic N) is 2. The predicted molar refractivity (Wildman–Crippen MR) is 109 cm³/mol. The van der Waals surface area contributed by atoms with E-state index >= 15 is 0 Å². The largest absolute Gasteiger partial charge is 0.496 e. The number of rotatable bonds is 5. The molecule has 0 unspecified atom stereocenters. The minimum atomic E-state index is 0. The topological polar surface area (TPSA) is 50.6 Å². The molecule has 0 aliphatic heterocycles. The van der Waals surface area contributed by atoms with E-state index < -0.39 is 0 Å². The van der Waals surface area contributed by atoms with Gasteiger partial charge < -0.3 is 19.9 Å². The summed E-state index contributed by atoms with van der Waals surface area (Å²) in [5, 5.41) is 6.59. The highest BCUT2D eigenvalue weighted by atomic mass is 127. The number of hydrogen-bond donors (Lipinski definition) is 2. The normalized spacial score (nSPS) is 10.9. The van der Waals surface area contributed by atoms with Crippen molar-refractivity contribution in [2.75, 3.05) is 14.2 Å². The van der Waals surface area contributed by atoms with Crippen molar-refractivity contribution >= 4 is 45.9 Å². The van der Waals surface area contributed by atoms with Crippen molar-refractivity contribution in [1.82, 2.24) is 15.2 Å². The van der Waals surface area contributed by atoms with Crippen LogP contribution >= 0.6 is 39.9 Å². The number of methoxy groups -OCH3 is 1. The Morgan fingerprint density at radius 2 is 2.00 bits per heavy atom. The Bertz CT molecular complexity index is 657. The summed E-state index contributed by atoms with van der Waals surface area (Å²) in [6.07, 6.45) is 4.11. The van der Waals surface area contributed by atoms with Crippen LogP contribution in [0.15, 0.2) is 46.1 Å². The molecule has 0 fully saturated rings. The smallest absolute Gasteiger partial charge is 0.191 e. The molecule has 0 saturated heterocycles. The molecule has 1 aromatic carbocycles. The van der Waals surface area contributed by atoms with Crippen molar-refractivity contribution in [3.8, 4) is 5.75 Å². The van der Waals surface area contributed by atoms with E-state index in [-0.39, 0.29) is 24.0 Å². The third-order valence-corrected chi connectivity index (χ3v) is 3.76. The molecule has 1 heterocycles. The van der Waals surface area contributed by atoms with Gasteiger partial charge in [-0.2, -0.15) is 0 Å². The molecule has 0 amide bonds. The summed E-state index contributed by atoms with van der Waals surface area (Å²) >= 11 is 3.48. The summed E-state index contributed by atoms with van der Waals surface area (Å²) < 4.78 is 8.43. The van der Waals surface area contributed by atoms with E-state index in [0.29, 0.717) is 6.54 Å². The van der Waals surface area contributed by atoms with Gasteiger partial charge >= 0.3 is 0 Å². The number of guanidine groups is 1. The van der Waals surface area contributed by atoms with Gasteiger partial charge in [0.15, 0.2) is 5.96 Å². The minimum Gasteiger partial charge on any atom is -0.496 e. The Morgan fingerprint density at radius 1 is 1.26 bits per heavy atom. The van der Waals surface area contributed by atoms with Crippen LogP contribution < -0.4 is 15.4 Å². The Kier molecular flexibility index (Phi) is 8.46. The third kappa shape index (κ3) is 6.06. The molecule has 2 aromatic rings. The highest BCUT2D eigenvalue weighted by molar-refractivity contribution is 14.0. The Balaban J connectivity index is 0.00000264. The Hall–Kier alpha value is -1.22. The van der Waals surface area contributed by atoms with Crippen LogP contribution in [0, 0.1) is 0 Å². The highest BCUT2D eigenvalue weighted by Crippen LogP contribution is 2.22. The summed E-state index contributed by atoms with van der Waals surface area (Å²) in [7, 11) is 5.45. The van der Waals surface area contributed by atoms with E-state index in [1.54, 1.807) is 14.2 Å². The van der Waals surface area contributed by atoms with Crippen LogP contribution in [0.1, 0.15) is 11.1 Å². The molecule has 5 nitrogen and oxygen atoms in total. The monoisotopic (exact) mass is 492 g/mol. The van der Waals surface area contributed by atoms with Crippen LogP contribution in [0.25, 0.3) is 0 Å². The predicted octanol–water partition coefficient (Wildman–Crippen LogP) is 3.28. The molecular weight excluding hydrogens is 471 g/mol.